The first-order chi connectivity index (χ1) is 9.06. The molecule has 1 atom stereocenters. The number of pyridine rings is 1. The van der Waals surface area contributed by atoms with Crippen LogP contribution in [0, 0.1) is 0 Å². The van der Waals surface area contributed by atoms with Crippen LogP contribution in [0.2, 0.25) is 0 Å². The number of nitrogens with zero attached hydrogens (tertiary/aromatic N) is 2. The quantitative estimate of drug-likeness (QED) is 0.937. The van der Waals surface area contributed by atoms with Crippen molar-refractivity contribution in [2.24, 2.45) is 5.73 Å². The summed E-state index contributed by atoms with van der Waals surface area (Å²) in [5.41, 5.74) is 8.12. The highest BCUT2D eigenvalue weighted by Crippen LogP contribution is 2.17. The Morgan fingerprint density at radius 3 is 2.68 bits per heavy atom. The highest BCUT2D eigenvalue weighted by atomic mass is 79.9. The summed E-state index contributed by atoms with van der Waals surface area (Å²) >= 11 is 3.49. The molecule has 4 heteroatoms. The summed E-state index contributed by atoms with van der Waals surface area (Å²) < 4.78 is 1.10. The summed E-state index contributed by atoms with van der Waals surface area (Å²) in [6, 6.07) is 12.4. The van der Waals surface area contributed by atoms with E-state index in [9.17, 15) is 0 Å². The molecule has 0 radical (unpaired) electrons. The van der Waals surface area contributed by atoms with Gasteiger partial charge < -0.3 is 10.6 Å². The number of aromatic nitrogens is 1. The normalized spacial score (nSPS) is 12.2. The van der Waals surface area contributed by atoms with E-state index in [4.69, 9.17) is 5.73 Å². The molecule has 100 valence electrons. The van der Waals surface area contributed by atoms with Gasteiger partial charge >= 0.3 is 0 Å². The Bertz CT molecular complexity index is 537. The van der Waals surface area contributed by atoms with Gasteiger partial charge in [0.2, 0.25) is 0 Å². The Morgan fingerprint density at radius 1 is 1.32 bits per heavy atom. The average molecular weight is 320 g/mol. The van der Waals surface area contributed by atoms with Crippen LogP contribution in [0.3, 0.4) is 0 Å². The van der Waals surface area contributed by atoms with Crippen molar-refractivity contribution >= 4 is 21.7 Å². The van der Waals surface area contributed by atoms with E-state index in [1.807, 2.05) is 44.4 Å². The van der Waals surface area contributed by atoms with Crippen LogP contribution >= 0.6 is 15.9 Å². The van der Waals surface area contributed by atoms with Crippen molar-refractivity contribution in [3.8, 4) is 0 Å². The van der Waals surface area contributed by atoms with Crippen molar-refractivity contribution in [1.29, 1.82) is 0 Å². The molecule has 0 fully saturated rings. The molecule has 0 aliphatic carbocycles. The molecule has 1 unspecified atom stereocenters. The van der Waals surface area contributed by atoms with Crippen molar-refractivity contribution in [3.63, 3.8) is 0 Å². The lowest BCUT2D eigenvalue weighted by Gasteiger charge is -2.19. The Hall–Kier alpha value is -1.39. The number of benzene rings is 1. The maximum atomic E-state index is 5.82. The van der Waals surface area contributed by atoms with Crippen molar-refractivity contribution in [2.75, 3.05) is 11.9 Å². The molecule has 1 aromatic carbocycles. The fraction of sp³-hybridized carbons (Fsp3) is 0.267. The summed E-state index contributed by atoms with van der Waals surface area (Å²) in [5, 5.41) is 0. The number of hydrogen-bond donors (Lipinski definition) is 1. The minimum Gasteiger partial charge on any atom is -0.355 e. The molecule has 2 N–H and O–H groups in total. The van der Waals surface area contributed by atoms with Crippen LogP contribution in [0.25, 0.3) is 0 Å². The van der Waals surface area contributed by atoms with E-state index >= 15 is 0 Å². The highest BCUT2D eigenvalue weighted by molar-refractivity contribution is 9.10. The SMILES string of the molecule is CC(N)c1ccc(N(C)Cc2cccc(Br)c2)nc1. The number of anilines is 1. The van der Waals surface area contributed by atoms with Gasteiger partial charge in [-0.3, -0.25) is 0 Å². The molecule has 1 aromatic heterocycles. The lowest BCUT2D eigenvalue weighted by atomic mass is 10.1. The van der Waals surface area contributed by atoms with Gasteiger partial charge in [0.05, 0.1) is 0 Å². The van der Waals surface area contributed by atoms with Gasteiger partial charge in [0.1, 0.15) is 5.82 Å². The molecule has 0 amide bonds. The molecular formula is C15H18BrN3. The summed E-state index contributed by atoms with van der Waals surface area (Å²) in [5.74, 6) is 0.948. The minimum absolute atomic E-state index is 0.0249. The second kappa shape index (κ2) is 6.17. The van der Waals surface area contributed by atoms with E-state index in [1.165, 1.54) is 5.56 Å². The Labute approximate surface area is 122 Å². The second-order valence-electron chi connectivity index (χ2n) is 4.72. The minimum atomic E-state index is 0.0249. The third-order valence-electron chi connectivity index (χ3n) is 3.00. The van der Waals surface area contributed by atoms with Gasteiger partial charge in [0.25, 0.3) is 0 Å². The van der Waals surface area contributed by atoms with Crippen LogP contribution in [0.15, 0.2) is 47.1 Å². The first kappa shape index (κ1) is 14.0. The summed E-state index contributed by atoms with van der Waals surface area (Å²) in [4.78, 5) is 6.57. The van der Waals surface area contributed by atoms with Gasteiger partial charge in [0, 0.05) is 30.3 Å². The first-order valence-electron chi connectivity index (χ1n) is 6.23. The van der Waals surface area contributed by atoms with E-state index in [0.717, 1.165) is 22.4 Å². The fourth-order valence-electron chi connectivity index (χ4n) is 1.88. The maximum absolute atomic E-state index is 5.82. The van der Waals surface area contributed by atoms with Gasteiger partial charge in [-0.15, -0.1) is 0 Å². The van der Waals surface area contributed by atoms with Crippen LogP contribution in [-0.4, -0.2) is 12.0 Å². The van der Waals surface area contributed by atoms with E-state index in [-0.39, 0.29) is 6.04 Å². The molecule has 0 saturated carbocycles. The summed E-state index contributed by atoms with van der Waals surface area (Å²) in [6.45, 7) is 2.78. The van der Waals surface area contributed by atoms with Crippen molar-refractivity contribution in [2.45, 2.75) is 19.5 Å². The molecule has 19 heavy (non-hydrogen) atoms. The summed E-state index contributed by atoms with van der Waals surface area (Å²) in [7, 11) is 2.04. The smallest absolute Gasteiger partial charge is 0.128 e. The monoisotopic (exact) mass is 319 g/mol. The average Bonchev–Trinajstić information content (AvgIpc) is 2.39. The topological polar surface area (TPSA) is 42.1 Å². The van der Waals surface area contributed by atoms with Crippen LogP contribution < -0.4 is 10.6 Å². The van der Waals surface area contributed by atoms with E-state index in [1.54, 1.807) is 0 Å². The maximum Gasteiger partial charge on any atom is 0.128 e. The zero-order valence-electron chi connectivity index (χ0n) is 11.2. The van der Waals surface area contributed by atoms with Crippen LogP contribution in [0.1, 0.15) is 24.1 Å². The lowest BCUT2D eigenvalue weighted by Crippen LogP contribution is -2.18. The van der Waals surface area contributed by atoms with Crippen molar-refractivity contribution in [3.05, 3.63) is 58.2 Å². The Morgan fingerprint density at radius 2 is 2.11 bits per heavy atom. The molecule has 0 spiro atoms. The third-order valence-corrected chi connectivity index (χ3v) is 3.49. The molecule has 0 aliphatic heterocycles. The van der Waals surface area contributed by atoms with Crippen LogP contribution in [-0.2, 0) is 6.54 Å². The Kier molecular flexibility index (Phi) is 4.56. The molecule has 0 aliphatic rings. The molecular weight excluding hydrogens is 302 g/mol. The highest BCUT2D eigenvalue weighted by Gasteiger charge is 2.05. The first-order valence-corrected chi connectivity index (χ1v) is 7.02. The number of halogens is 1. The number of hydrogen-bond acceptors (Lipinski definition) is 3. The van der Waals surface area contributed by atoms with Crippen LogP contribution in [0.5, 0.6) is 0 Å². The predicted octanol–water partition coefficient (Wildman–Crippen LogP) is 3.50. The lowest BCUT2D eigenvalue weighted by molar-refractivity contribution is 0.807. The van der Waals surface area contributed by atoms with Crippen molar-refractivity contribution in [1.82, 2.24) is 4.98 Å². The van der Waals surface area contributed by atoms with Gasteiger partial charge in [0.15, 0.2) is 0 Å². The molecule has 2 aromatic rings. The molecule has 0 saturated heterocycles. The Balaban J connectivity index is 2.09. The largest absolute Gasteiger partial charge is 0.355 e. The second-order valence-corrected chi connectivity index (χ2v) is 5.64. The van der Waals surface area contributed by atoms with E-state index in [2.05, 4.69) is 37.9 Å². The van der Waals surface area contributed by atoms with E-state index in [0.29, 0.717) is 0 Å². The molecule has 3 nitrogen and oxygen atoms in total. The van der Waals surface area contributed by atoms with Gasteiger partial charge in [-0.2, -0.15) is 0 Å². The van der Waals surface area contributed by atoms with Gasteiger partial charge in [-0.25, -0.2) is 4.98 Å². The van der Waals surface area contributed by atoms with Gasteiger partial charge in [-0.05, 0) is 36.2 Å². The predicted molar refractivity (Wildman–Crippen MR) is 83.1 cm³/mol. The third kappa shape index (κ3) is 3.78. The molecule has 0 bridgehead atoms. The van der Waals surface area contributed by atoms with Crippen LogP contribution in [0.4, 0.5) is 5.82 Å². The zero-order chi connectivity index (χ0) is 13.8. The van der Waals surface area contributed by atoms with Gasteiger partial charge in [-0.1, -0.05) is 34.1 Å². The fourth-order valence-corrected chi connectivity index (χ4v) is 2.33. The van der Waals surface area contributed by atoms with Crippen molar-refractivity contribution < 1.29 is 0 Å². The zero-order valence-corrected chi connectivity index (χ0v) is 12.8. The van der Waals surface area contributed by atoms with E-state index < -0.39 is 0 Å². The summed E-state index contributed by atoms with van der Waals surface area (Å²) in [6.07, 6.45) is 1.84. The number of rotatable bonds is 4. The standard InChI is InChI=1S/C15H18BrN3/c1-11(17)13-6-7-15(18-9-13)19(2)10-12-4-3-5-14(16)8-12/h3-9,11H,10,17H2,1-2H3. The molecule has 1 heterocycles. The molecule has 2 rings (SSSR count). The number of nitrogens with two attached hydrogens (primary N) is 1.